The molecule has 1 rings (SSSR count). The fourth-order valence-electron chi connectivity index (χ4n) is 3.12. The summed E-state index contributed by atoms with van der Waals surface area (Å²) in [5, 5.41) is 0.309. The Hall–Kier alpha value is -2.13. The van der Waals surface area contributed by atoms with Crippen molar-refractivity contribution >= 4 is 39.3 Å². The molecule has 1 aromatic carbocycles. The van der Waals surface area contributed by atoms with Gasteiger partial charge in [0.25, 0.3) is 0 Å². The van der Waals surface area contributed by atoms with Crippen molar-refractivity contribution in [3.8, 4) is 0 Å². The summed E-state index contributed by atoms with van der Waals surface area (Å²) in [6, 6.07) is 5.29. The molecule has 0 aliphatic rings. The topological polar surface area (TPSA) is 113 Å². The van der Waals surface area contributed by atoms with Crippen LogP contribution >= 0.6 is 11.6 Å². The Balaban J connectivity index is 3.65. The maximum Gasteiger partial charge on any atom is 0.328 e. The molecule has 0 aromatic heterocycles. The van der Waals surface area contributed by atoms with Gasteiger partial charge in [0.1, 0.15) is 0 Å². The average molecular weight is 477 g/mol. The van der Waals surface area contributed by atoms with Gasteiger partial charge in [0.05, 0.1) is 30.6 Å². The van der Waals surface area contributed by atoms with Crippen LogP contribution in [0.15, 0.2) is 29.2 Å². The first-order chi connectivity index (χ1) is 14.4. The SMILES string of the molecule is CCOC(=O)CCC(CC(C)C(=O)OC)(C(=O)OC(C)C)S(=O)(=O)c1ccc(Cl)cc1. The van der Waals surface area contributed by atoms with Crippen molar-refractivity contribution in [3.05, 3.63) is 29.3 Å². The summed E-state index contributed by atoms with van der Waals surface area (Å²) in [6.07, 6.45) is -1.84. The second-order valence-corrected chi connectivity index (χ2v) is 10.0. The Morgan fingerprint density at radius 1 is 1.10 bits per heavy atom. The summed E-state index contributed by atoms with van der Waals surface area (Å²) in [6.45, 7) is 6.32. The highest BCUT2D eigenvalue weighted by molar-refractivity contribution is 7.93. The number of ether oxygens (including phenoxy) is 3. The molecule has 174 valence electrons. The van der Waals surface area contributed by atoms with Gasteiger partial charge in [-0.15, -0.1) is 0 Å². The largest absolute Gasteiger partial charge is 0.469 e. The third-order valence-corrected chi connectivity index (χ3v) is 7.34. The van der Waals surface area contributed by atoms with Crippen LogP contribution in [0.5, 0.6) is 0 Å². The van der Waals surface area contributed by atoms with Crippen LogP contribution < -0.4 is 0 Å². The van der Waals surface area contributed by atoms with Gasteiger partial charge in [-0.05, 0) is 57.9 Å². The first kappa shape index (κ1) is 26.9. The van der Waals surface area contributed by atoms with Crippen molar-refractivity contribution in [1.82, 2.24) is 0 Å². The molecule has 0 radical (unpaired) electrons. The first-order valence-corrected chi connectivity index (χ1v) is 11.7. The number of sulfone groups is 1. The van der Waals surface area contributed by atoms with Gasteiger partial charge in [-0.25, -0.2) is 8.42 Å². The maximum atomic E-state index is 13.8. The summed E-state index contributed by atoms with van der Waals surface area (Å²) in [5.74, 6) is -3.36. The number of carbonyl (C=O) groups excluding carboxylic acids is 3. The highest BCUT2D eigenvalue weighted by Gasteiger charge is 2.54. The molecule has 1 aromatic rings. The number of hydrogen-bond acceptors (Lipinski definition) is 8. The van der Waals surface area contributed by atoms with Gasteiger partial charge in [0, 0.05) is 11.4 Å². The third-order valence-electron chi connectivity index (χ3n) is 4.63. The van der Waals surface area contributed by atoms with Crippen molar-refractivity contribution in [2.45, 2.75) is 62.7 Å². The molecular formula is C21H29ClO8S. The Morgan fingerprint density at radius 2 is 1.68 bits per heavy atom. The fourth-order valence-corrected chi connectivity index (χ4v) is 5.30. The molecule has 10 heteroatoms. The molecule has 0 N–H and O–H groups in total. The number of carbonyl (C=O) groups is 3. The Labute approximate surface area is 188 Å². The van der Waals surface area contributed by atoms with E-state index in [1.54, 1.807) is 20.8 Å². The highest BCUT2D eigenvalue weighted by atomic mass is 35.5. The summed E-state index contributed by atoms with van der Waals surface area (Å²) in [5.41, 5.74) is 0. The molecule has 0 spiro atoms. The van der Waals surface area contributed by atoms with E-state index >= 15 is 0 Å². The van der Waals surface area contributed by atoms with Crippen molar-refractivity contribution in [2.75, 3.05) is 13.7 Å². The van der Waals surface area contributed by atoms with Crippen LogP contribution in [0.4, 0.5) is 0 Å². The predicted octanol–water partition coefficient (Wildman–Crippen LogP) is 3.35. The van der Waals surface area contributed by atoms with Crippen LogP contribution in [0.1, 0.15) is 47.0 Å². The van der Waals surface area contributed by atoms with Crippen LogP contribution in [0.3, 0.4) is 0 Å². The minimum Gasteiger partial charge on any atom is -0.469 e. The zero-order chi connectivity index (χ0) is 23.8. The van der Waals surface area contributed by atoms with Crippen molar-refractivity contribution in [3.63, 3.8) is 0 Å². The molecule has 0 fully saturated rings. The minimum absolute atomic E-state index is 0.102. The Kier molecular flexibility index (Phi) is 9.96. The van der Waals surface area contributed by atoms with Gasteiger partial charge in [-0.1, -0.05) is 18.5 Å². The number of halogens is 1. The van der Waals surface area contributed by atoms with Crippen molar-refractivity contribution < 1.29 is 37.0 Å². The van der Waals surface area contributed by atoms with E-state index in [9.17, 15) is 22.8 Å². The zero-order valence-corrected chi connectivity index (χ0v) is 19.9. The van der Waals surface area contributed by atoms with Gasteiger partial charge >= 0.3 is 17.9 Å². The molecule has 0 amide bonds. The highest BCUT2D eigenvalue weighted by Crippen LogP contribution is 2.38. The van der Waals surface area contributed by atoms with Gasteiger partial charge in [0.15, 0.2) is 14.6 Å². The number of benzene rings is 1. The smallest absolute Gasteiger partial charge is 0.328 e. The Bertz CT molecular complexity index is 879. The normalized spacial score (nSPS) is 14.4. The van der Waals surface area contributed by atoms with Gasteiger partial charge < -0.3 is 14.2 Å². The number of rotatable bonds is 11. The van der Waals surface area contributed by atoms with Crippen LogP contribution in [-0.2, 0) is 38.4 Å². The molecule has 31 heavy (non-hydrogen) atoms. The number of hydrogen-bond donors (Lipinski definition) is 0. The third kappa shape index (κ3) is 6.67. The lowest BCUT2D eigenvalue weighted by molar-refractivity contribution is -0.153. The fraction of sp³-hybridized carbons (Fsp3) is 0.571. The quantitative estimate of drug-likeness (QED) is 0.353. The molecular weight excluding hydrogens is 448 g/mol. The van der Waals surface area contributed by atoms with E-state index in [4.69, 9.17) is 25.8 Å². The molecule has 0 aliphatic heterocycles. The standard InChI is InChI=1S/C21H29ClO8S/c1-6-29-18(23)11-12-21(20(25)30-14(2)3,13-15(4)19(24)28-5)31(26,27)17-9-7-16(22)8-10-17/h7-10,14-15H,6,11-13H2,1-5H3. The second kappa shape index (κ2) is 11.5. The van der Waals surface area contributed by atoms with Crippen LogP contribution in [0, 0.1) is 5.92 Å². The van der Waals surface area contributed by atoms with Gasteiger partial charge in [-0.3, -0.25) is 14.4 Å². The van der Waals surface area contributed by atoms with E-state index in [0.29, 0.717) is 5.02 Å². The molecule has 0 saturated heterocycles. The van der Waals surface area contributed by atoms with E-state index in [1.807, 2.05) is 0 Å². The number of methoxy groups -OCH3 is 1. The molecule has 8 nitrogen and oxygen atoms in total. The summed E-state index contributed by atoms with van der Waals surface area (Å²) < 4.78 is 40.2. The molecule has 2 unspecified atom stereocenters. The first-order valence-electron chi connectivity index (χ1n) is 9.86. The lowest BCUT2D eigenvalue weighted by atomic mass is 9.90. The summed E-state index contributed by atoms with van der Waals surface area (Å²) in [4.78, 5) is 37.2. The average Bonchev–Trinajstić information content (AvgIpc) is 2.70. The number of esters is 3. The van der Waals surface area contributed by atoms with E-state index in [0.717, 1.165) is 0 Å². The minimum atomic E-state index is -4.42. The monoisotopic (exact) mass is 476 g/mol. The van der Waals surface area contributed by atoms with Crippen LogP contribution in [-0.4, -0.2) is 50.9 Å². The molecule has 0 bridgehead atoms. The molecule has 0 saturated carbocycles. The Morgan fingerprint density at radius 3 is 2.16 bits per heavy atom. The zero-order valence-electron chi connectivity index (χ0n) is 18.3. The van der Waals surface area contributed by atoms with E-state index in [-0.39, 0.29) is 17.9 Å². The van der Waals surface area contributed by atoms with Crippen molar-refractivity contribution in [2.24, 2.45) is 5.92 Å². The van der Waals surface area contributed by atoms with Crippen LogP contribution in [0.2, 0.25) is 5.02 Å². The maximum absolute atomic E-state index is 13.8. The van der Waals surface area contributed by atoms with Crippen LogP contribution in [0.25, 0.3) is 0 Å². The molecule has 0 heterocycles. The van der Waals surface area contributed by atoms with Crippen molar-refractivity contribution in [1.29, 1.82) is 0 Å². The summed E-state index contributed by atoms with van der Waals surface area (Å²) in [7, 11) is -3.25. The lowest BCUT2D eigenvalue weighted by Gasteiger charge is -2.33. The molecule has 0 aliphatic carbocycles. The predicted molar refractivity (Wildman–Crippen MR) is 114 cm³/mol. The van der Waals surface area contributed by atoms with E-state index in [1.165, 1.54) is 38.3 Å². The van der Waals surface area contributed by atoms with Gasteiger partial charge in [-0.2, -0.15) is 0 Å². The van der Waals surface area contributed by atoms with E-state index < -0.39 is 57.4 Å². The molecule has 2 atom stereocenters. The van der Waals surface area contributed by atoms with E-state index in [2.05, 4.69) is 0 Å². The van der Waals surface area contributed by atoms with Gasteiger partial charge in [0.2, 0.25) is 0 Å². The lowest BCUT2D eigenvalue weighted by Crippen LogP contribution is -2.50. The second-order valence-electron chi connectivity index (χ2n) is 7.34. The summed E-state index contributed by atoms with van der Waals surface area (Å²) >= 11 is 5.88.